The minimum absolute atomic E-state index is 0.199. The molecule has 96 valence electrons. The van der Waals surface area contributed by atoms with Crippen molar-refractivity contribution >= 4 is 0 Å². The lowest BCUT2D eigenvalue weighted by molar-refractivity contribution is 0.279. The van der Waals surface area contributed by atoms with E-state index in [-0.39, 0.29) is 5.54 Å². The van der Waals surface area contributed by atoms with Gasteiger partial charge in [-0.05, 0) is 51.3 Å². The van der Waals surface area contributed by atoms with Gasteiger partial charge in [0.25, 0.3) is 0 Å². The summed E-state index contributed by atoms with van der Waals surface area (Å²) >= 11 is 0. The maximum atomic E-state index is 5.80. The molecule has 1 aromatic carbocycles. The van der Waals surface area contributed by atoms with Gasteiger partial charge in [-0.15, -0.1) is 0 Å². The van der Waals surface area contributed by atoms with Gasteiger partial charge in [-0.3, -0.25) is 0 Å². The van der Waals surface area contributed by atoms with Gasteiger partial charge in [0.1, 0.15) is 12.4 Å². The lowest BCUT2D eigenvalue weighted by Gasteiger charge is -2.24. The Morgan fingerprint density at radius 3 is 2.59 bits per heavy atom. The van der Waals surface area contributed by atoms with Gasteiger partial charge in [0.05, 0.1) is 0 Å². The van der Waals surface area contributed by atoms with Crippen molar-refractivity contribution in [2.75, 3.05) is 13.2 Å². The highest BCUT2D eigenvalue weighted by atomic mass is 16.5. The molecule has 0 saturated heterocycles. The quantitative estimate of drug-likeness (QED) is 0.762. The van der Waals surface area contributed by atoms with Crippen molar-refractivity contribution in [2.45, 2.75) is 46.6 Å². The molecule has 0 heterocycles. The summed E-state index contributed by atoms with van der Waals surface area (Å²) in [6.07, 6.45) is 1.12. The van der Waals surface area contributed by atoms with Crippen molar-refractivity contribution in [3.05, 3.63) is 29.3 Å². The zero-order chi connectivity index (χ0) is 12.9. The van der Waals surface area contributed by atoms with Gasteiger partial charge in [0.2, 0.25) is 0 Å². The topological polar surface area (TPSA) is 21.3 Å². The second-order valence-electron chi connectivity index (χ2n) is 5.21. The maximum Gasteiger partial charge on any atom is 0.122 e. The molecule has 17 heavy (non-hydrogen) atoms. The standard InChI is InChI=1S/C15H25NO/c1-6-15(4,5)16-10-11-17-14-9-7-8-12(2)13(14)3/h7-9,16H,6,10-11H2,1-5H3. The predicted octanol–water partition coefficient (Wildman–Crippen LogP) is 3.46. The molecule has 0 fully saturated rings. The average Bonchev–Trinajstić information content (AvgIpc) is 2.30. The van der Waals surface area contributed by atoms with Crippen LogP contribution in [0, 0.1) is 13.8 Å². The molecule has 0 spiro atoms. The molecular formula is C15H25NO. The molecular weight excluding hydrogens is 210 g/mol. The molecule has 0 unspecified atom stereocenters. The third kappa shape index (κ3) is 4.39. The lowest BCUT2D eigenvalue weighted by Crippen LogP contribution is -2.40. The number of hydrogen-bond acceptors (Lipinski definition) is 2. The summed E-state index contributed by atoms with van der Waals surface area (Å²) in [5.41, 5.74) is 2.72. The zero-order valence-corrected chi connectivity index (χ0v) is 11.8. The van der Waals surface area contributed by atoms with Crippen LogP contribution in [0.2, 0.25) is 0 Å². The van der Waals surface area contributed by atoms with Gasteiger partial charge < -0.3 is 10.1 Å². The van der Waals surface area contributed by atoms with Crippen molar-refractivity contribution in [2.24, 2.45) is 0 Å². The van der Waals surface area contributed by atoms with Crippen LogP contribution in [0.15, 0.2) is 18.2 Å². The van der Waals surface area contributed by atoms with Crippen molar-refractivity contribution < 1.29 is 4.74 Å². The molecule has 0 bridgehead atoms. The first-order valence-corrected chi connectivity index (χ1v) is 6.40. The third-order valence-corrected chi connectivity index (χ3v) is 3.40. The smallest absolute Gasteiger partial charge is 0.122 e. The van der Waals surface area contributed by atoms with E-state index >= 15 is 0 Å². The highest BCUT2D eigenvalue weighted by Gasteiger charge is 2.12. The van der Waals surface area contributed by atoms with E-state index in [1.54, 1.807) is 0 Å². The number of aryl methyl sites for hydroxylation is 1. The molecule has 0 aliphatic rings. The average molecular weight is 235 g/mol. The van der Waals surface area contributed by atoms with Crippen molar-refractivity contribution in [3.8, 4) is 5.75 Å². The number of hydrogen-bond donors (Lipinski definition) is 1. The molecule has 0 amide bonds. The third-order valence-electron chi connectivity index (χ3n) is 3.40. The van der Waals surface area contributed by atoms with Crippen LogP contribution in [-0.4, -0.2) is 18.7 Å². The number of rotatable bonds is 6. The molecule has 0 radical (unpaired) electrons. The van der Waals surface area contributed by atoms with E-state index in [1.165, 1.54) is 11.1 Å². The molecule has 2 heteroatoms. The van der Waals surface area contributed by atoms with Crippen LogP contribution in [0.1, 0.15) is 38.3 Å². The molecule has 1 aromatic rings. The molecule has 1 N–H and O–H groups in total. The summed E-state index contributed by atoms with van der Waals surface area (Å²) in [4.78, 5) is 0. The fourth-order valence-electron chi connectivity index (χ4n) is 1.56. The Morgan fingerprint density at radius 1 is 1.24 bits per heavy atom. The van der Waals surface area contributed by atoms with Crippen molar-refractivity contribution in [1.82, 2.24) is 5.32 Å². The van der Waals surface area contributed by atoms with Gasteiger partial charge in [-0.1, -0.05) is 19.1 Å². The Kier molecular flexibility index (Phi) is 5.01. The van der Waals surface area contributed by atoms with E-state index in [4.69, 9.17) is 4.74 Å². The first kappa shape index (κ1) is 14.0. The molecule has 0 aliphatic carbocycles. The number of ether oxygens (including phenoxy) is 1. The summed E-state index contributed by atoms with van der Waals surface area (Å²) in [7, 11) is 0. The van der Waals surface area contributed by atoms with Crippen LogP contribution < -0.4 is 10.1 Å². The second-order valence-corrected chi connectivity index (χ2v) is 5.21. The first-order valence-electron chi connectivity index (χ1n) is 6.40. The Morgan fingerprint density at radius 2 is 1.94 bits per heavy atom. The number of benzene rings is 1. The van der Waals surface area contributed by atoms with E-state index in [1.807, 2.05) is 12.1 Å². The predicted molar refractivity (Wildman–Crippen MR) is 73.8 cm³/mol. The summed E-state index contributed by atoms with van der Waals surface area (Å²) in [5, 5.41) is 3.49. The lowest BCUT2D eigenvalue weighted by atomic mass is 10.0. The SMILES string of the molecule is CCC(C)(C)NCCOc1cccc(C)c1C. The highest BCUT2D eigenvalue weighted by molar-refractivity contribution is 5.38. The van der Waals surface area contributed by atoms with Crippen LogP contribution >= 0.6 is 0 Å². The summed E-state index contributed by atoms with van der Waals surface area (Å²) in [6.45, 7) is 12.4. The molecule has 1 rings (SSSR count). The fourth-order valence-corrected chi connectivity index (χ4v) is 1.56. The molecule has 0 atom stereocenters. The van der Waals surface area contributed by atoms with Crippen LogP contribution in [0.25, 0.3) is 0 Å². The van der Waals surface area contributed by atoms with Gasteiger partial charge in [0.15, 0.2) is 0 Å². The monoisotopic (exact) mass is 235 g/mol. The van der Waals surface area contributed by atoms with Gasteiger partial charge in [0, 0.05) is 12.1 Å². The Labute approximate surface area is 105 Å². The second kappa shape index (κ2) is 6.06. The minimum Gasteiger partial charge on any atom is -0.492 e. The van der Waals surface area contributed by atoms with E-state index in [9.17, 15) is 0 Å². The van der Waals surface area contributed by atoms with Gasteiger partial charge in [-0.2, -0.15) is 0 Å². The normalized spacial score (nSPS) is 11.6. The fraction of sp³-hybridized carbons (Fsp3) is 0.600. The van der Waals surface area contributed by atoms with Crippen molar-refractivity contribution in [3.63, 3.8) is 0 Å². The molecule has 0 aromatic heterocycles. The van der Waals surface area contributed by atoms with E-state index in [2.05, 4.69) is 46.0 Å². The molecule has 0 saturated carbocycles. The van der Waals surface area contributed by atoms with Crippen LogP contribution in [-0.2, 0) is 0 Å². The summed E-state index contributed by atoms with van der Waals surface area (Å²) in [5.74, 6) is 1.00. The maximum absolute atomic E-state index is 5.80. The largest absolute Gasteiger partial charge is 0.492 e. The van der Waals surface area contributed by atoms with E-state index < -0.39 is 0 Å². The zero-order valence-electron chi connectivity index (χ0n) is 11.8. The summed E-state index contributed by atoms with van der Waals surface area (Å²) in [6, 6.07) is 6.19. The Hall–Kier alpha value is -1.02. The summed E-state index contributed by atoms with van der Waals surface area (Å²) < 4.78 is 5.80. The van der Waals surface area contributed by atoms with Crippen LogP contribution in [0.3, 0.4) is 0 Å². The number of nitrogens with one attached hydrogen (secondary N) is 1. The molecule has 2 nitrogen and oxygen atoms in total. The van der Waals surface area contributed by atoms with Gasteiger partial charge in [-0.25, -0.2) is 0 Å². The van der Waals surface area contributed by atoms with E-state index in [0.717, 1.165) is 18.7 Å². The first-order chi connectivity index (χ1) is 7.96. The van der Waals surface area contributed by atoms with Crippen LogP contribution in [0.4, 0.5) is 0 Å². The van der Waals surface area contributed by atoms with Crippen LogP contribution in [0.5, 0.6) is 5.75 Å². The van der Waals surface area contributed by atoms with E-state index in [0.29, 0.717) is 6.61 Å². The van der Waals surface area contributed by atoms with Gasteiger partial charge >= 0.3 is 0 Å². The Bertz CT molecular complexity index is 358. The van der Waals surface area contributed by atoms with Crippen molar-refractivity contribution in [1.29, 1.82) is 0 Å². The molecule has 0 aliphatic heterocycles. The highest BCUT2D eigenvalue weighted by Crippen LogP contribution is 2.20. The Balaban J connectivity index is 2.39. The minimum atomic E-state index is 0.199.